The highest BCUT2D eigenvalue weighted by Crippen LogP contribution is 2.28. The van der Waals surface area contributed by atoms with Crippen LogP contribution in [0.4, 0.5) is 11.4 Å². The molecule has 1 unspecified atom stereocenters. The molecule has 2 heterocycles. The van der Waals surface area contributed by atoms with Crippen LogP contribution >= 0.6 is 0 Å². The van der Waals surface area contributed by atoms with Crippen molar-refractivity contribution in [1.29, 1.82) is 0 Å². The van der Waals surface area contributed by atoms with Crippen molar-refractivity contribution in [2.24, 2.45) is 7.05 Å². The van der Waals surface area contributed by atoms with Gasteiger partial charge >= 0.3 is 11.4 Å². The van der Waals surface area contributed by atoms with Gasteiger partial charge in [0.05, 0.1) is 17.8 Å². The van der Waals surface area contributed by atoms with E-state index in [1.165, 1.54) is 0 Å². The van der Waals surface area contributed by atoms with Gasteiger partial charge in [0.15, 0.2) is 0 Å². The summed E-state index contributed by atoms with van der Waals surface area (Å²) in [4.78, 5) is 12.1. The van der Waals surface area contributed by atoms with Crippen molar-refractivity contribution in [1.82, 2.24) is 9.78 Å². The Morgan fingerprint density at radius 3 is 2.86 bits per heavy atom. The second-order valence-electron chi connectivity index (χ2n) is 5.10. The van der Waals surface area contributed by atoms with Crippen molar-refractivity contribution in [3.8, 4) is 0 Å². The summed E-state index contributed by atoms with van der Waals surface area (Å²) in [6, 6.07) is 5.52. The van der Waals surface area contributed by atoms with Gasteiger partial charge in [-0.15, -0.1) is 0 Å². The van der Waals surface area contributed by atoms with E-state index in [-0.39, 0.29) is 5.91 Å². The van der Waals surface area contributed by atoms with Gasteiger partial charge in [-0.1, -0.05) is 0 Å². The summed E-state index contributed by atoms with van der Waals surface area (Å²) in [7, 11) is 1.87. The van der Waals surface area contributed by atoms with Crippen molar-refractivity contribution >= 4 is 28.6 Å². The fourth-order valence-electron chi connectivity index (χ4n) is 2.40. The number of carbonyl (C=O) groups excluding carboxylic acids is 1. The van der Waals surface area contributed by atoms with Gasteiger partial charge in [0.25, 0.3) is 0 Å². The molecule has 0 bridgehead atoms. The number of hydrogen-bond acceptors (Lipinski definition) is 4. The molecule has 0 spiro atoms. The molecule has 0 radical (unpaired) electrons. The summed E-state index contributed by atoms with van der Waals surface area (Å²) in [5.41, 5.74) is 4.41. The first kappa shape index (κ1) is 14.0. The van der Waals surface area contributed by atoms with E-state index in [9.17, 15) is 9.35 Å². The van der Waals surface area contributed by atoms with Crippen LogP contribution in [0.15, 0.2) is 23.1 Å². The first-order valence-corrected chi connectivity index (χ1v) is 7.77. The summed E-state index contributed by atoms with van der Waals surface area (Å²) in [5.74, 6) is -0.00752. The molecule has 6 nitrogen and oxygen atoms in total. The number of rotatable bonds is 3. The SMILES string of the molecule is Cc1nn(C)c(C)c1N[S+](O)c1ccc2c(c1)CC(=O)N2. The predicted octanol–water partition coefficient (Wildman–Crippen LogP) is 2.01. The molecule has 1 aromatic carbocycles. The fourth-order valence-corrected chi connectivity index (χ4v) is 3.46. The van der Waals surface area contributed by atoms with Crippen LogP contribution in [-0.4, -0.2) is 20.2 Å². The lowest BCUT2D eigenvalue weighted by Crippen LogP contribution is -2.14. The number of carbonyl (C=O) groups is 1. The maximum Gasteiger partial charge on any atom is 0.303 e. The molecular formula is C14H17N4O2S+. The van der Waals surface area contributed by atoms with Crippen LogP contribution in [-0.2, 0) is 29.6 Å². The Hall–Kier alpha value is -1.99. The zero-order chi connectivity index (χ0) is 15.1. The van der Waals surface area contributed by atoms with Gasteiger partial charge in [-0.2, -0.15) is 14.4 Å². The average Bonchev–Trinajstić information content (AvgIpc) is 2.91. The molecule has 3 N–H and O–H groups in total. The maximum atomic E-state index is 11.4. The van der Waals surface area contributed by atoms with Crippen molar-refractivity contribution in [3.63, 3.8) is 0 Å². The highest BCUT2D eigenvalue weighted by Gasteiger charge is 2.27. The lowest BCUT2D eigenvalue weighted by Gasteiger charge is -2.04. The number of nitrogens with zero attached hydrogens (tertiary/aromatic N) is 2. The van der Waals surface area contributed by atoms with Crippen molar-refractivity contribution < 1.29 is 9.35 Å². The average molecular weight is 305 g/mol. The van der Waals surface area contributed by atoms with Crippen LogP contribution < -0.4 is 10.0 Å². The van der Waals surface area contributed by atoms with E-state index in [0.717, 1.165) is 33.2 Å². The largest absolute Gasteiger partial charge is 0.326 e. The van der Waals surface area contributed by atoms with Crippen molar-refractivity contribution in [3.05, 3.63) is 35.2 Å². The van der Waals surface area contributed by atoms with Gasteiger partial charge in [-0.3, -0.25) is 9.48 Å². The third-order valence-corrected chi connectivity index (χ3v) is 4.73. The van der Waals surface area contributed by atoms with E-state index in [4.69, 9.17) is 0 Å². The number of fused-ring (bicyclic) bond motifs is 1. The minimum Gasteiger partial charge on any atom is -0.326 e. The molecule has 1 aromatic heterocycles. The zero-order valence-electron chi connectivity index (χ0n) is 12.1. The van der Waals surface area contributed by atoms with Gasteiger partial charge in [-0.25, -0.2) is 0 Å². The molecule has 1 amide bonds. The van der Waals surface area contributed by atoms with Crippen LogP contribution in [0.2, 0.25) is 0 Å². The second-order valence-corrected chi connectivity index (χ2v) is 6.34. The molecular weight excluding hydrogens is 288 g/mol. The monoisotopic (exact) mass is 305 g/mol. The number of aryl methyl sites for hydroxylation is 2. The number of benzene rings is 1. The maximum absolute atomic E-state index is 11.4. The lowest BCUT2D eigenvalue weighted by atomic mass is 10.2. The molecule has 1 aliphatic rings. The minimum atomic E-state index is -1.14. The summed E-state index contributed by atoms with van der Waals surface area (Å²) in [6.07, 6.45) is 0.366. The number of nitrogens with one attached hydrogen (secondary N) is 2. The molecule has 0 saturated carbocycles. The molecule has 1 atom stereocenters. The highest BCUT2D eigenvalue weighted by molar-refractivity contribution is 7.92. The van der Waals surface area contributed by atoms with E-state index in [1.807, 2.05) is 39.1 Å². The first-order valence-electron chi connectivity index (χ1n) is 6.58. The molecule has 2 aromatic rings. The topological polar surface area (TPSA) is 79.2 Å². The Bertz CT molecular complexity index is 726. The minimum absolute atomic E-state index is 0.00752. The molecule has 0 saturated heterocycles. The van der Waals surface area contributed by atoms with Crippen molar-refractivity contribution in [2.45, 2.75) is 25.2 Å². The third kappa shape index (κ3) is 2.50. The van der Waals surface area contributed by atoms with Gasteiger partial charge in [0, 0.05) is 24.9 Å². The van der Waals surface area contributed by atoms with Gasteiger partial charge in [0.1, 0.15) is 5.69 Å². The number of amides is 1. The van der Waals surface area contributed by atoms with Gasteiger partial charge in [-0.05, 0) is 25.5 Å². The fraction of sp³-hybridized carbons (Fsp3) is 0.286. The van der Waals surface area contributed by atoms with E-state index in [1.54, 1.807) is 4.68 Å². The van der Waals surface area contributed by atoms with Crippen molar-refractivity contribution in [2.75, 3.05) is 10.0 Å². The number of anilines is 2. The normalized spacial score (nSPS) is 14.8. The third-order valence-electron chi connectivity index (χ3n) is 3.63. The standard InChI is InChI=1S/C14H16N4O2S/c1-8-14(9(2)18(3)16-8)17-21(20)11-4-5-12-10(6-11)7-13(19)15-12/h4-6,17,20H,7H2,1-3H3/p+1. The Morgan fingerprint density at radius 1 is 1.43 bits per heavy atom. The summed E-state index contributed by atoms with van der Waals surface area (Å²) < 4.78 is 15.3. The Balaban J connectivity index is 1.84. The lowest BCUT2D eigenvalue weighted by molar-refractivity contribution is -0.115. The van der Waals surface area contributed by atoms with Gasteiger partial charge < -0.3 is 5.32 Å². The Morgan fingerprint density at radius 2 is 2.19 bits per heavy atom. The Labute approximate surface area is 125 Å². The summed E-state index contributed by atoms with van der Waals surface area (Å²) in [5, 5.41) is 7.10. The van der Waals surface area contributed by atoms with Crippen LogP contribution in [0, 0.1) is 13.8 Å². The summed E-state index contributed by atoms with van der Waals surface area (Å²) >= 11 is -1.14. The number of hydrogen-bond donors (Lipinski definition) is 3. The van der Waals surface area contributed by atoms with Crippen LogP contribution in [0.1, 0.15) is 17.0 Å². The Kier molecular flexibility index (Phi) is 3.38. The van der Waals surface area contributed by atoms with E-state index < -0.39 is 11.4 Å². The first-order chi connectivity index (χ1) is 9.95. The van der Waals surface area contributed by atoms with E-state index in [2.05, 4.69) is 15.1 Å². The molecule has 21 heavy (non-hydrogen) atoms. The molecule has 1 aliphatic heterocycles. The van der Waals surface area contributed by atoms with E-state index >= 15 is 0 Å². The predicted molar refractivity (Wildman–Crippen MR) is 83.3 cm³/mol. The van der Waals surface area contributed by atoms with Crippen LogP contribution in [0.25, 0.3) is 0 Å². The molecule has 0 fully saturated rings. The molecule has 110 valence electrons. The van der Waals surface area contributed by atoms with Crippen LogP contribution in [0.5, 0.6) is 0 Å². The molecule has 7 heteroatoms. The van der Waals surface area contributed by atoms with E-state index in [0.29, 0.717) is 6.42 Å². The highest BCUT2D eigenvalue weighted by atomic mass is 32.2. The second kappa shape index (κ2) is 5.09. The summed E-state index contributed by atoms with van der Waals surface area (Å²) in [6.45, 7) is 3.85. The quantitative estimate of drug-likeness (QED) is 0.758. The zero-order valence-corrected chi connectivity index (χ0v) is 12.9. The van der Waals surface area contributed by atoms with Gasteiger partial charge in [0.2, 0.25) is 10.8 Å². The molecule has 3 rings (SSSR count). The number of aromatic nitrogens is 2. The molecule has 0 aliphatic carbocycles. The van der Waals surface area contributed by atoms with Crippen LogP contribution in [0.3, 0.4) is 0 Å². The smallest absolute Gasteiger partial charge is 0.303 e.